The van der Waals surface area contributed by atoms with Crippen molar-refractivity contribution in [3.8, 4) is 0 Å². The molecule has 0 amide bonds. The third-order valence-corrected chi connectivity index (χ3v) is 3.40. The van der Waals surface area contributed by atoms with E-state index in [2.05, 4.69) is 6.92 Å². The van der Waals surface area contributed by atoms with Crippen molar-refractivity contribution in [2.45, 2.75) is 43.2 Å². The van der Waals surface area contributed by atoms with E-state index in [4.69, 9.17) is 4.74 Å². The third-order valence-electron chi connectivity index (χ3n) is 1.77. The molecule has 0 fully saturated rings. The maximum Gasteiger partial charge on any atom is 0.0425 e. The summed E-state index contributed by atoms with van der Waals surface area (Å²) in [4.78, 5) is 0. The van der Waals surface area contributed by atoms with Crippen LogP contribution in [0.15, 0.2) is 0 Å². The average Bonchev–Trinajstić information content (AvgIpc) is 2.03. The topological polar surface area (TPSA) is 9.23 Å². The van der Waals surface area contributed by atoms with E-state index in [1.54, 1.807) is 7.11 Å². The molecular formula is C9H20AlO-. The summed E-state index contributed by atoms with van der Waals surface area (Å²) in [5.74, 6) is 0. The van der Waals surface area contributed by atoms with Gasteiger partial charge in [-0.1, -0.05) is 32.6 Å². The molecule has 11 heavy (non-hydrogen) atoms. The molecule has 2 radical (unpaired) electrons. The minimum atomic E-state index is 0.731. The summed E-state index contributed by atoms with van der Waals surface area (Å²) >= 11 is 0.731. The highest BCUT2D eigenvalue weighted by molar-refractivity contribution is 6.35. The predicted molar refractivity (Wildman–Crippen MR) is 51.4 cm³/mol. The van der Waals surface area contributed by atoms with E-state index >= 15 is 0 Å². The summed E-state index contributed by atoms with van der Waals surface area (Å²) in [6.07, 6.45) is 5.52. The number of rotatable bonds is 8. The van der Waals surface area contributed by atoms with Crippen LogP contribution >= 0.6 is 0 Å². The normalized spacial score (nSPS) is 10.4. The van der Waals surface area contributed by atoms with Crippen LogP contribution in [0, 0.1) is 0 Å². The lowest BCUT2D eigenvalue weighted by Gasteiger charge is -2.11. The van der Waals surface area contributed by atoms with Crippen LogP contribution < -0.4 is 0 Å². The van der Waals surface area contributed by atoms with E-state index in [1.165, 1.54) is 36.2 Å². The summed E-state index contributed by atoms with van der Waals surface area (Å²) in [7, 11) is 1.78. The zero-order valence-electron chi connectivity index (χ0n) is 7.94. The molecule has 0 heterocycles. The highest BCUT2D eigenvalue weighted by atomic mass is 27.1. The highest BCUT2D eigenvalue weighted by Crippen LogP contribution is 2.01. The van der Waals surface area contributed by atoms with Crippen molar-refractivity contribution < 1.29 is 4.74 Å². The fraction of sp³-hybridized carbons (Fsp3) is 1.00. The van der Waals surface area contributed by atoms with Crippen LogP contribution in [0.3, 0.4) is 0 Å². The summed E-state index contributed by atoms with van der Waals surface area (Å²) in [5, 5.41) is 2.93. The lowest BCUT2D eigenvalue weighted by molar-refractivity contribution is 0.199. The number of unbranched alkanes of at least 4 members (excludes halogenated alkanes) is 2. The predicted octanol–water partition coefficient (Wildman–Crippen LogP) is 2.75. The first-order chi connectivity index (χ1) is 5.41. The monoisotopic (exact) mass is 171 g/mol. The van der Waals surface area contributed by atoms with Crippen molar-refractivity contribution in [3.63, 3.8) is 0 Å². The molecule has 0 N–H and O–H groups in total. The standard InChI is InChI=1S/C5H11.C4H9O.Al/c1-3-5-4-2;1-3-4-5-2;/h1,3-5H2,2H3;1,3-4H2,2H3;/q;;-1. The van der Waals surface area contributed by atoms with Gasteiger partial charge >= 0.3 is 0 Å². The summed E-state index contributed by atoms with van der Waals surface area (Å²) < 4.78 is 4.98. The summed E-state index contributed by atoms with van der Waals surface area (Å²) in [6.45, 7) is 3.22. The molecule has 0 bridgehead atoms. The number of ether oxygens (including phenoxy) is 1. The van der Waals surface area contributed by atoms with E-state index in [1.807, 2.05) is 0 Å². The SMILES string of the molecule is CCCC[CH2][Al-][CH2]CCOC. The smallest absolute Gasteiger partial charge is 0.0425 e. The maximum atomic E-state index is 4.98. The van der Waals surface area contributed by atoms with Crippen molar-refractivity contribution in [2.24, 2.45) is 0 Å². The largest absolute Gasteiger partial charge is 0.385 e. The molecule has 0 spiro atoms. The van der Waals surface area contributed by atoms with E-state index in [0.717, 1.165) is 21.8 Å². The van der Waals surface area contributed by atoms with Gasteiger partial charge < -0.3 is 4.74 Å². The van der Waals surface area contributed by atoms with Gasteiger partial charge in [0.2, 0.25) is 0 Å². The third kappa shape index (κ3) is 10.5. The van der Waals surface area contributed by atoms with E-state index < -0.39 is 0 Å². The van der Waals surface area contributed by atoms with Crippen molar-refractivity contribution >= 4 is 15.2 Å². The minimum Gasteiger partial charge on any atom is -0.385 e. The van der Waals surface area contributed by atoms with Gasteiger partial charge in [-0.3, -0.25) is 25.8 Å². The van der Waals surface area contributed by atoms with Crippen LogP contribution in [0.2, 0.25) is 10.6 Å². The molecule has 0 aliphatic rings. The Morgan fingerprint density at radius 3 is 2.45 bits per heavy atom. The molecule has 0 aliphatic heterocycles. The average molecular weight is 171 g/mol. The van der Waals surface area contributed by atoms with Gasteiger partial charge in [0.25, 0.3) is 0 Å². The second-order valence-corrected chi connectivity index (χ2v) is 4.65. The van der Waals surface area contributed by atoms with Gasteiger partial charge in [-0.05, 0) is 0 Å². The molecule has 0 atom stereocenters. The molecule has 66 valence electrons. The first-order valence-corrected chi connectivity index (χ1v) is 6.35. The minimum absolute atomic E-state index is 0.731. The van der Waals surface area contributed by atoms with Gasteiger partial charge in [0.05, 0.1) is 0 Å². The Kier molecular flexibility index (Phi) is 11.0. The summed E-state index contributed by atoms with van der Waals surface area (Å²) in [6, 6.07) is 0. The Hall–Kier alpha value is 0.492. The van der Waals surface area contributed by atoms with Crippen LogP contribution in [0.1, 0.15) is 32.6 Å². The molecule has 0 aliphatic carbocycles. The van der Waals surface area contributed by atoms with Crippen molar-refractivity contribution in [1.29, 1.82) is 0 Å². The van der Waals surface area contributed by atoms with Gasteiger partial charge in [0.15, 0.2) is 0 Å². The number of hydrogen-bond donors (Lipinski definition) is 0. The van der Waals surface area contributed by atoms with Crippen LogP contribution in [-0.2, 0) is 4.74 Å². The highest BCUT2D eigenvalue weighted by Gasteiger charge is 1.79. The second-order valence-electron chi connectivity index (χ2n) is 2.92. The zero-order chi connectivity index (χ0) is 8.36. The van der Waals surface area contributed by atoms with Gasteiger partial charge in [0.1, 0.15) is 0 Å². The lowest BCUT2D eigenvalue weighted by Crippen LogP contribution is -1.93. The lowest BCUT2D eigenvalue weighted by atomic mass is 10.3. The molecule has 0 rings (SSSR count). The molecule has 0 aromatic carbocycles. The van der Waals surface area contributed by atoms with Gasteiger partial charge in [-0.15, -0.1) is 0 Å². The van der Waals surface area contributed by atoms with Gasteiger partial charge in [-0.25, -0.2) is 0 Å². The Morgan fingerprint density at radius 2 is 1.82 bits per heavy atom. The zero-order valence-corrected chi connectivity index (χ0v) is 9.09. The first-order valence-electron chi connectivity index (χ1n) is 4.72. The number of hydrogen-bond acceptors (Lipinski definition) is 1. The fourth-order valence-corrected chi connectivity index (χ4v) is 2.38. The second kappa shape index (κ2) is 10.5. The van der Waals surface area contributed by atoms with Crippen molar-refractivity contribution in [2.75, 3.05) is 13.7 Å². The van der Waals surface area contributed by atoms with Gasteiger partial charge in [-0.2, -0.15) is 0 Å². The van der Waals surface area contributed by atoms with Crippen molar-refractivity contribution in [3.05, 3.63) is 0 Å². The van der Waals surface area contributed by atoms with E-state index in [-0.39, 0.29) is 0 Å². The number of methoxy groups -OCH3 is 1. The molecule has 1 nitrogen and oxygen atoms in total. The molecule has 0 saturated heterocycles. The van der Waals surface area contributed by atoms with Gasteiger partial charge in [0, 0.05) is 13.7 Å². The van der Waals surface area contributed by atoms with Crippen LogP contribution in [0.25, 0.3) is 0 Å². The Balaban J connectivity index is 2.69. The molecule has 0 unspecified atom stereocenters. The summed E-state index contributed by atoms with van der Waals surface area (Å²) in [5.41, 5.74) is 0. The van der Waals surface area contributed by atoms with Crippen LogP contribution in [0.4, 0.5) is 0 Å². The molecule has 0 saturated carbocycles. The van der Waals surface area contributed by atoms with E-state index in [0.29, 0.717) is 0 Å². The van der Waals surface area contributed by atoms with Crippen LogP contribution in [0.5, 0.6) is 0 Å². The Labute approximate surface area is 77.2 Å². The van der Waals surface area contributed by atoms with E-state index in [9.17, 15) is 0 Å². The molecule has 0 aromatic heterocycles. The molecule has 0 aromatic rings. The molecule has 2 heteroatoms. The first kappa shape index (κ1) is 11.5. The van der Waals surface area contributed by atoms with Crippen molar-refractivity contribution in [1.82, 2.24) is 0 Å². The Bertz CT molecular complexity index is 58.6. The van der Waals surface area contributed by atoms with Crippen LogP contribution in [-0.4, -0.2) is 28.9 Å². The molecular weight excluding hydrogens is 151 g/mol. The maximum absolute atomic E-state index is 4.98. The Morgan fingerprint density at radius 1 is 1.09 bits per heavy atom. The quantitative estimate of drug-likeness (QED) is 0.403. The fourth-order valence-electron chi connectivity index (χ4n) is 1.06.